The van der Waals surface area contributed by atoms with Gasteiger partial charge in [0.15, 0.2) is 11.6 Å². The molecule has 34 heavy (non-hydrogen) atoms. The van der Waals surface area contributed by atoms with E-state index in [1.54, 1.807) is 0 Å². The van der Waals surface area contributed by atoms with Crippen LogP contribution in [-0.4, -0.2) is 60.3 Å². The van der Waals surface area contributed by atoms with Crippen molar-refractivity contribution in [3.63, 3.8) is 0 Å². The summed E-state index contributed by atoms with van der Waals surface area (Å²) < 4.78 is 0. The monoisotopic (exact) mass is 455 g/mol. The van der Waals surface area contributed by atoms with Gasteiger partial charge in [-0.15, -0.1) is 10.2 Å². The lowest BCUT2D eigenvalue weighted by Gasteiger charge is -2.37. The Bertz CT molecular complexity index is 1000. The van der Waals surface area contributed by atoms with Crippen molar-refractivity contribution in [2.75, 3.05) is 49.1 Å². The average molecular weight is 456 g/mol. The molecule has 0 atom stereocenters. The molecular formula is C28H33N5O. The van der Waals surface area contributed by atoms with Gasteiger partial charge in [-0.3, -0.25) is 4.79 Å². The second kappa shape index (κ2) is 10.7. The van der Waals surface area contributed by atoms with Gasteiger partial charge in [-0.05, 0) is 36.1 Å². The zero-order valence-corrected chi connectivity index (χ0v) is 19.7. The zero-order valence-electron chi connectivity index (χ0n) is 19.7. The van der Waals surface area contributed by atoms with Crippen LogP contribution in [0.5, 0.6) is 0 Å². The number of amides is 1. The van der Waals surface area contributed by atoms with Crippen LogP contribution in [0.25, 0.3) is 0 Å². The van der Waals surface area contributed by atoms with E-state index in [-0.39, 0.29) is 11.8 Å². The molecule has 0 bridgehead atoms. The van der Waals surface area contributed by atoms with E-state index >= 15 is 0 Å². The summed E-state index contributed by atoms with van der Waals surface area (Å²) >= 11 is 0. The molecule has 2 aliphatic rings. The molecule has 1 aromatic heterocycles. The highest BCUT2D eigenvalue weighted by Crippen LogP contribution is 2.28. The normalized spacial score (nSPS) is 17.0. The third kappa shape index (κ3) is 5.06. The van der Waals surface area contributed by atoms with Gasteiger partial charge in [-0.25, -0.2) is 0 Å². The highest BCUT2D eigenvalue weighted by molar-refractivity contribution is 5.87. The van der Waals surface area contributed by atoms with Crippen LogP contribution in [0.1, 0.15) is 42.7 Å². The molecule has 0 aliphatic carbocycles. The molecule has 6 heteroatoms. The summed E-state index contributed by atoms with van der Waals surface area (Å²) in [5, 5.41) is 9.07. The van der Waals surface area contributed by atoms with Gasteiger partial charge in [0, 0.05) is 39.3 Å². The molecule has 2 aliphatic heterocycles. The van der Waals surface area contributed by atoms with Crippen molar-refractivity contribution in [3.05, 3.63) is 83.9 Å². The zero-order chi connectivity index (χ0) is 23.2. The average Bonchev–Trinajstić information content (AvgIpc) is 3.20. The Morgan fingerprint density at radius 1 is 0.588 bits per heavy atom. The van der Waals surface area contributed by atoms with Crippen molar-refractivity contribution in [2.24, 2.45) is 0 Å². The van der Waals surface area contributed by atoms with Crippen LogP contribution in [0.3, 0.4) is 0 Å². The van der Waals surface area contributed by atoms with Crippen LogP contribution in [0.2, 0.25) is 0 Å². The minimum absolute atomic E-state index is 0.166. The van der Waals surface area contributed by atoms with Crippen LogP contribution < -0.4 is 9.80 Å². The molecule has 6 nitrogen and oxygen atoms in total. The van der Waals surface area contributed by atoms with E-state index in [0.29, 0.717) is 13.1 Å². The smallest absolute Gasteiger partial charge is 0.234 e. The van der Waals surface area contributed by atoms with Crippen LogP contribution >= 0.6 is 0 Å². The Labute approximate surface area is 202 Å². The molecule has 0 unspecified atom stereocenters. The molecule has 3 heterocycles. The Morgan fingerprint density at radius 3 is 1.53 bits per heavy atom. The van der Waals surface area contributed by atoms with E-state index in [4.69, 9.17) is 0 Å². The summed E-state index contributed by atoms with van der Waals surface area (Å²) in [6.07, 6.45) is 5.07. The second-order valence-corrected chi connectivity index (χ2v) is 9.22. The first-order valence-corrected chi connectivity index (χ1v) is 12.5. The van der Waals surface area contributed by atoms with Gasteiger partial charge in [-0.2, -0.15) is 0 Å². The Balaban J connectivity index is 1.24. The standard InChI is InChI=1S/C28H33N5O/c34-28(27(23-11-5-3-6-12-23)24-13-7-4-8-14-24)33-21-19-32(20-22-33)26-16-15-25(29-30-26)31-17-9-1-2-10-18-31/h3-8,11-16,27H,1-2,9-10,17-22H2. The number of aromatic nitrogens is 2. The van der Waals surface area contributed by atoms with Gasteiger partial charge in [0.2, 0.25) is 5.91 Å². The molecule has 0 saturated carbocycles. The molecular weight excluding hydrogens is 422 g/mol. The number of hydrogen-bond acceptors (Lipinski definition) is 5. The van der Waals surface area contributed by atoms with Crippen LogP contribution in [0.15, 0.2) is 72.8 Å². The predicted molar refractivity (Wildman–Crippen MR) is 136 cm³/mol. The van der Waals surface area contributed by atoms with Gasteiger partial charge in [0.25, 0.3) is 0 Å². The number of carbonyl (C=O) groups is 1. The highest BCUT2D eigenvalue weighted by atomic mass is 16.2. The summed E-state index contributed by atoms with van der Waals surface area (Å²) in [5.74, 6) is 1.77. The summed E-state index contributed by atoms with van der Waals surface area (Å²) in [6.45, 7) is 5.03. The first kappa shape index (κ1) is 22.4. The summed E-state index contributed by atoms with van der Waals surface area (Å²) in [4.78, 5) is 20.3. The molecule has 176 valence electrons. The fraction of sp³-hybridized carbons (Fsp3) is 0.393. The largest absolute Gasteiger partial charge is 0.355 e. The molecule has 0 spiro atoms. The van der Waals surface area contributed by atoms with E-state index in [1.807, 2.05) is 65.6 Å². The molecule has 2 fully saturated rings. The molecule has 5 rings (SSSR count). The maximum atomic E-state index is 13.7. The molecule has 0 N–H and O–H groups in total. The first-order chi connectivity index (χ1) is 16.8. The third-order valence-electron chi connectivity index (χ3n) is 6.99. The van der Waals surface area contributed by atoms with Crippen molar-refractivity contribution in [2.45, 2.75) is 31.6 Å². The molecule has 2 aromatic carbocycles. The van der Waals surface area contributed by atoms with Gasteiger partial charge in [0.05, 0.1) is 5.92 Å². The molecule has 3 aromatic rings. The number of piperazine rings is 1. The minimum Gasteiger partial charge on any atom is -0.355 e. The van der Waals surface area contributed by atoms with Crippen molar-refractivity contribution in [1.29, 1.82) is 0 Å². The number of benzene rings is 2. The number of nitrogens with zero attached hydrogens (tertiary/aromatic N) is 5. The van der Waals surface area contributed by atoms with Crippen molar-refractivity contribution in [3.8, 4) is 0 Å². The quantitative estimate of drug-likeness (QED) is 0.573. The summed E-state index contributed by atoms with van der Waals surface area (Å²) in [6, 6.07) is 24.4. The van der Waals surface area contributed by atoms with Crippen molar-refractivity contribution in [1.82, 2.24) is 15.1 Å². The number of hydrogen-bond donors (Lipinski definition) is 0. The number of rotatable bonds is 5. The van der Waals surface area contributed by atoms with E-state index < -0.39 is 0 Å². The lowest BCUT2D eigenvalue weighted by Crippen LogP contribution is -2.50. The van der Waals surface area contributed by atoms with E-state index in [9.17, 15) is 4.79 Å². The van der Waals surface area contributed by atoms with Gasteiger partial charge >= 0.3 is 0 Å². The molecule has 2 saturated heterocycles. The van der Waals surface area contributed by atoms with E-state index in [1.165, 1.54) is 25.7 Å². The van der Waals surface area contributed by atoms with Crippen LogP contribution in [0, 0.1) is 0 Å². The predicted octanol–water partition coefficient (Wildman–Crippen LogP) is 4.34. The van der Waals surface area contributed by atoms with Crippen molar-refractivity contribution >= 4 is 17.5 Å². The van der Waals surface area contributed by atoms with Crippen LogP contribution in [-0.2, 0) is 4.79 Å². The summed E-state index contributed by atoms with van der Waals surface area (Å²) in [5.41, 5.74) is 2.08. The second-order valence-electron chi connectivity index (χ2n) is 9.22. The Hall–Kier alpha value is -3.41. The SMILES string of the molecule is O=C(C(c1ccccc1)c1ccccc1)N1CCN(c2ccc(N3CCCCCC3)nn2)CC1. The van der Waals surface area contributed by atoms with E-state index in [0.717, 1.165) is 48.9 Å². The Morgan fingerprint density at radius 2 is 1.06 bits per heavy atom. The topological polar surface area (TPSA) is 52.6 Å². The minimum atomic E-state index is -0.276. The lowest BCUT2D eigenvalue weighted by molar-refractivity contribution is -0.132. The fourth-order valence-electron chi connectivity index (χ4n) is 5.06. The maximum absolute atomic E-state index is 13.7. The lowest BCUT2D eigenvalue weighted by atomic mass is 9.90. The first-order valence-electron chi connectivity index (χ1n) is 12.5. The van der Waals surface area contributed by atoms with Gasteiger partial charge in [-0.1, -0.05) is 73.5 Å². The summed E-state index contributed by atoms with van der Waals surface area (Å²) in [7, 11) is 0. The van der Waals surface area contributed by atoms with Gasteiger partial charge < -0.3 is 14.7 Å². The van der Waals surface area contributed by atoms with E-state index in [2.05, 4.69) is 32.1 Å². The Kier molecular flexibility index (Phi) is 7.03. The van der Waals surface area contributed by atoms with Crippen LogP contribution in [0.4, 0.5) is 11.6 Å². The molecule has 1 amide bonds. The fourth-order valence-corrected chi connectivity index (χ4v) is 5.06. The maximum Gasteiger partial charge on any atom is 0.234 e. The number of anilines is 2. The number of carbonyl (C=O) groups excluding carboxylic acids is 1. The van der Waals surface area contributed by atoms with Gasteiger partial charge in [0.1, 0.15) is 0 Å². The highest BCUT2D eigenvalue weighted by Gasteiger charge is 2.30. The third-order valence-corrected chi connectivity index (χ3v) is 6.99. The van der Waals surface area contributed by atoms with Crippen molar-refractivity contribution < 1.29 is 4.79 Å². The molecule has 0 radical (unpaired) electrons.